The zero-order chi connectivity index (χ0) is 20.9. The van der Waals surface area contributed by atoms with Crippen LogP contribution in [0.5, 0.6) is 0 Å². The Morgan fingerprint density at radius 2 is 0.933 bits per heavy atom. The Bertz CT molecular complexity index is 1010. The maximum Gasteiger partial charge on any atom is 0.187 e. The van der Waals surface area contributed by atoms with Gasteiger partial charge in [0.1, 0.15) is 0 Å². The third-order valence-electron chi connectivity index (χ3n) is 5.95. The van der Waals surface area contributed by atoms with Crippen LogP contribution in [0.25, 0.3) is 0 Å². The van der Waals surface area contributed by atoms with Gasteiger partial charge in [-0.1, -0.05) is 85.1 Å². The summed E-state index contributed by atoms with van der Waals surface area (Å²) in [5.74, 6) is 0. The monoisotopic (exact) mass is 464 g/mol. The van der Waals surface area contributed by atoms with Gasteiger partial charge in [-0.3, -0.25) is 0 Å². The minimum absolute atomic E-state index is 0.594. The van der Waals surface area contributed by atoms with Crippen LogP contribution in [0.15, 0.2) is 84.9 Å². The lowest BCUT2D eigenvalue weighted by atomic mass is 9.79. The second-order valence-electron chi connectivity index (χ2n) is 7.25. The molecule has 3 aromatic carbocycles. The van der Waals surface area contributed by atoms with E-state index >= 15 is 0 Å². The van der Waals surface area contributed by atoms with Crippen molar-refractivity contribution in [3.05, 3.63) is 96.1 Å². The van der Waals surface area contributed by atoms with Crippen LogP contribution in [-0.2, 0) is 11.3 Å². The van der Waals surface area contributed by atoms with Crippen molar-refractivity contribution in [2.24, 2.45) is 0 Å². The summed E-state index contributed by atoms with van der Waals surface area (Å²) in [6.45, 7) is 0. The third-order valence-corrected chi connectivity index (χ3v) is 8.83. The second kappa shape index (κ2) is 7.38. The molecule has 30 heavy (non-hydrogen) atoms. The van der Waals surface area contributed by atoms with E-state index < -0.39 is 11.3 Å². The number of anilines is 2. The highest BCUT2D eigenvalue weighted by Gasteiger charge is 2.73. The first-order valence-corrected chi connectivity index (χ1v) is 12.9. The van der Waals surface area contributed by atoms with Crippen LogP contribution in [0.1, 0.15) is 11.1 Å². The second-order valence-corrected chi connectivity index (χ2v) is 10.2. The van der Waals surface area contributed by atoms with Crippen molar-refractivity contribution in [3.63, 3.8) is 0 Å². The highest BCUT2D eigenvalue weighted by atomic mass is 32.2. The van der Waals surface area contributed by atoms with Crippen molar-refractivity contribution >= 4 is 67.7 Å². The van der Waals surface area contributed by atoms with E-state index in [2.05, 4.69) is 107 Å². The average molecular weight is 465 g/mol. The highest BCUT2D eigenvalue weighted by molar-refractivity contribution is 8.23. The smallest absolute Gasteiger partial charge is 0.187 e. The molecular weight excluding hydrogens is 445 g/mol. The van der Waals surface area contributed by atoms with Crippen molar-refractivity contribution in [1.29, 1.82) is 0 Å². The molecule has 0 atom stereocenters. The number of thiocarbonyl (C=S) groups is 2. The summed E-state index contributed by atoms with van der Waals surface area (Å²) in [4.78, 5) is 4.88. The molecule has 0 spiro atoms. The molecule has 6 heteroatoms. The van der Waals surface area contributed by atoms with Crippen molar-refractivity contribution < 1.29 is 0 Å². The van der Waals surface area contributed by atoms with Gasteiger partial charge in [-0.05, 0) is 36.8 Å². The van der Waals surface area contributed by atoms with Crippen molar-refractivity contribution in [2.75, 3.05) is 22.3 Å². The molecule has 0 amide bonds. The van der Waals surface area contributed by atoms with Crippen LogP contribution in [-0.4, -0.2) is 20.9 Å². The number of hydrogen-bond donors (Lipinski definition) is 0. The number of benzene rings is 3. The van der Waals surface area contributed by atoms with Gasteiger partial charge in [-0.15, -0.1) is 23.5 Å². The van der Waals surface area contributed by atoms with E-state index in [1.54, 1.807) is 23.5 Å². The zero-order valence-electron chi connectivity index (χ0n) is 16.6. The first-order valence-electron chi connectivity index (χ1n) is 9.62. The summed E-state index contributed by atoms with van der Waals surface area (Å²) >= 11 is 15.4. The molecule has 2 nitrogen and oxygen atoms in total. The van der Waals surface area contributed by atoms with Crippen molar-refractivity contribution in [3.8, 4) is 0 Å². The van der Waals surface area contributed by atoms with E-state index in [1.165, 1.54) is 0 Å². The molecule has 5 heterocycles. The number of thioether (sulfide) groups is 2. The third kappa shape index (κ3) is 2.33. The van der Waals surface area contributed by atoms with Gasteiger partial charge < -0.3 is 9.80 Å². The van der Waals surface area contributed by atoms with Crippen LogP contribution < -0.4 is 9.80 Å². The Labute approximate surface area is 196 Å². The summed E-state index contributed by atoms with van der Waals surface area (Å²) in [7, 11) is 0. The van der Waals surface area contributed by atoms with Gasteiger partial charge in [0.05, 0.1) is 8.39 Å². The van der Waals surface area contributed by atoms with Gasteiger partial charge in [-0.2, -0.15) is 0 Å². The zero-order valence-corrected chi connectivity index (χ0v) is 19.9. The first-order chi connectivity index (χ1) is 14.6. The molecule has 4 bridgehead atoms. The number of rotatable bonds is 4. The molecule has 0 unspecified atom stereocenters. The summed E-state index contributed by atoms with van der Waals surface area (Å²) in [6, 6.07) is 29.9. The Hall–Kier alpha value is -1.86. The largest absolute Gasteiger partial charge is 0.307 e. The molecule has 5 aliphatic heterocycles. The van der Waals surface area contributed by atoms with Gasteiger partial charge in [0.15, 0.2) is 11.3 Å². The number of nitrogens with zero attached hydrogens (tertiary/aromatic N) is 2. The predicted molar refractivity (Wildman–Crippen MR) is 140 cm³/mol. The van der Waals surface area contributed by atoms with Gasteiger partial charge in [0.25, 0.3) is 0 Å². The summed E-state index contributed by atoms with van der Waals surface area (Å²) in [5.41, 5.74) is 3.36. The van der Waals surface area contributed by atoms with E-state index in [4.69, 9.17) is 24.4 Å². The Balaban J connectivity index is 1.89. The summed E-state index contributed by atoms with van der Waals surface area (Å²) in [5, 5.41) is 0. The van der Waals surface area contributed by atoms with E-state index in [9.17, 15) is 0 Å². The van der Waals surface area contributed by atoms with Crippen molar-refractivity contribution in [1.82, 2.24) is 0 Å². The lowest BCUT2D eigenvalue weighted by Gasteiger charge is -2.73. The van der Waals surface area contributed by atoms with Crippen LogP contribution in [0.3, 0.4) is 0 Å². The Morgan fingerprint density at radius 3 is 1.23 bits per heavy atom. The Kier molecular flexibility index (Phi) is 4.93. The fourth-order valence-electron chi connectivity index (χ4n) is 4.86. The SMILES string of the molecule is CSC(=S)C1(c2ccccc2)N2c3ccc(cc3)N1C2(C(=S)SC)c1ccccc1. The molecule has 8 rings (SSSR count). The minimum atomic E-state index is -0.594. The van der Waals surface area contributed by atoms with Gasteiger partial charge in [-0.25, -0.2) is 0 Å². The predicted octanol–water partition coefficient (Wildman–Crippen LogP) is 6.41. The van der Waals surface area contributed by atoms with Gasteiger partial charge >= 0.3 is 0 Å². The first kappa shape index (κ1) is 20.1. The molecule has 0 saturated carbocycles. The normalized spacial score (nSPS) is 23.7. The fourth-order valence-corrected chi connectivity index (χ4v) is 6.64. The van der Waals surface area contributed by atoms with Crippen LogP contribution in [0, 0.1) is 0 Å². The highest BCUT2D eigenvalue weighted by Crippen LogP contribution is 2.65. The van der Waals surface area contributed by atoms with E-state index in [1.807, 2.05) is 0 Å². The molecule has 0 aliphatic carbocycles. The molecule has 0 radical (unpaired) electrons. The lowest BCUT2D eigenvalue weighted by molar-refractivity contribution is 0.249. The van der Waals surface area contributed by atoms with Crippen molar-refractivity contribution in [2.45, 2.75) is 11.3 Å². The molecule has 0 N–H and O–H groups in total. The fraction of sp³-hybridized carbons (Fsp3) is 0.167. The topological polar surface area (TPSA) is 6.48 Å². The van der Waals surface area contributed by atoms with Crippen LogP contribution in [0.2, 0.25) is 0 Å². The molecule has 0 aromatic heterocycles. The maximum atomic E-state index is 6.09. The van der Waals surface area contributed by atoms with E-state index in [0.717, 1.165) is 30.9 Å². The summed E-state index contributed by atoms with van der Waals surface area (Å²) in [6.07, 6.45) is 4.13. The van der Waals surface area contributed by atoms with Gasteiger partial charge in [0.2, 0.25) is 0 Å². The lowest BCUT2D eigenvalue weighted by Crippen LogP contribution is -2.87. The van der Waals surface area contributed by atoms with Gasteiger partial charge in [0, 0.05) is 22.5 Å². The maximum absolute atomic E-state index is 6.09. The molecule has 5 aliphatic rings. The molecule has 3 aromatic rings. The Morgan fingerprint density at radius 1 is 0.600 bits per heavy atom. The quantitative estimate of drug-likeness (QED) is 0.409. The van der Waals surface area contributed by atoms with E-state index in [-0.39, 0.29) is 0 Å². The molecule has 1 saturated heterocycles. The molecular formula is C24H20N2S4. The molecule has 150 valence electrons. The van der Waals surface area contributed by atoms with E-state index in [0.29, 0.717) is 0 Å². The average Bonchev–Trinajstić information content (AvgIpc) is 3.19. The standard InChI is InChI=1S/C24H20N2S4/c1-29-21(27)23(17-9-5-3-6-10-17)25-19-13-14-20(16-15-19)26(23)24(25,22(28)30-2)18-11-7-4-8-12-18/h3-16H,1-2H3. The summed E-state index contributed by atoms with van der Waals surface area (Å²) < 4.78 is 1.82. The molecule has 1 fully saturated rings. The minimum Gasteiger partial charge on any atom is -0.307 e. The van der Waals surface area contributed by atoms with Crippen LogP contribution >= 0.6 is 48.0 Å². The van der Waals surface area contributed by atoms with Crippen LogP contribution in [0.4, 0.5) is 11.4 Å². The number of hydrogen-bond acceptors (Lipinski definition) is 6.